The first-order valence-electron chi connectivity index (χ1n) is 12.8. The van der Waals surface area contributed by atoms with Crippen molar-refractivity contribution in [2.24, 2.45) is 5.92 Å². The number of rotatable bonds is 7. The lowest BCUT2D eigenvalue weighted by atomic mass is 9.97. The largest absolute Gasteiger partial charge is 0.371 e. The summed E-state index contributed by atoms with van der Waals surface area (Å²) in [4.78, 5) is 28.4. The van der Waals surface area contributed by atoms with Crippen LogP contribution in [0.15, 0.2) is 66.7 Å². The summed E-state index contributed by atoms with van der Waals surface area (Å²) < 4.78 is 0. The zero-order valence-corrected chi connectivity index (χ0v) is 21.4. The fourth-order valence-corrected chi connectivity index (χ4v) is 4.67. The molecule has 0 aromatic heterocycles. The van der Waals surface area contributed by atoms with Crippen LogP contribution in [0.1, 0.15) is 46.8 Å². The highest BCUT2D eigenvalue weighted by molar-refractivity contribution is 6.04. The maximum atomic E-state index is 13.3. The molecule has 6 nitrogen and oxygen atoms in total. The van der Waals surface area contributed by atoms with E-state index in [4.69, 9.17) is 0 Å². The van der Waals surface area contributed by atoms with Crippen LogP contribution in [0.25, 0.3) is 0 Å². The number of carbonyl (C=O) groups excluding carboxylic acids is 2. The Hall–Kier alpha value is -3.80. The van der Waals surface area contributed by atoms with Gasteiger partial charge in [-0.2, -0.15) is 0 Å². The molecular weight excluding hydrogens is 448 g/mol. The Morgan fingerprint density at radius 3 is 2.28 bits per heavy atom. The number of benzene rings is 3. The van der Waals surface area contributed by atoms with Crippen LogP contribution in [0.4, 0.5) is 21.9 Å². The second-order valence-electron chi connectivity index (χ2n) is 9.74. The predicted octanol–water partition coefficient (Wildman–Crippen LogP) is 6.16. The second-order valence-corrected chi connectivity index (χ2v) is 9.74. The predicted molar refractivity (Wildman–Crippen MR) is 148 cm³/mol. The molecule has 3 amide bonds. The van der Waals surface area contributed by atoms with Crippen LogP contribution in [0.3, 0.4) is 0 Å². The Labute approximate surface area is 214 Å². The molecule has 0 bridgehead atoms. The van der Waals surface area contributed by atoms with Gasteiger partial charge in [0.25, 0.3) is 5.91 Å². The van der Waals surface area contributed by atoms with Crippen LogP contribution in [0.5, 0.6) is 0 Å². The van der Waals surface area contributed by atoms with E-state index < -0.39 is 0 Å². The van der Waals surface area contributed by atoms with Crippen molar-refractivity contribution in [2.75, 3.05) is 35.2 Å². The number of piperidine rings is 1. The molecule has 0 saturated carbocycles. The number of hydrogen-bond donors (Lipinski definition) is 3. The molecular formula is C30H36N4O2. The van der Waals surface area contributed by atoms with Gasteiger partial charge >= 0.3 is 6.03 Å². The van der Waals surface area contributed by atoms with E-state index in [2.05, 4.69) is 39.9 Å². The molecule has 0 radical (unpaired) electrons. The second kappa shape index (κ2) is 11.8. The number of nitrogens with zero attached hydrogens (tertiary/aromatic N) is 1. The molecule has 3 aromatic carbocycles. The normalized spacial score (nSPS) is 13.8. The summed E-state index contributed by atoms with van der Waals surface area (Å²) in [5, 5.41) is 8.94. The molecule has 188 valence electrons. The van der Waals surface area contributed by atoms with Gasteiger partial charge in [-0.1, -0.05) is 55.5 Å². The highest BCUT2D eigenvalue weighted by Crippen LogP contribution is 2.29. The fourth-order valence-electron chi connectivity index (χ4n) is 4.67. The molecule has 4 rings (SSSR count). The lowest BCUT2D eigenvalue weighted by molar-refractivity contribution is 0.0954. The van der Waals surface area contributed by atoms with Gasteiger partial charge in [0.05, 0.1) is 5.56 Å². The summed E-state index contributed by atoms with van der Waals surface area (Å²) in [6, 6.07) is 21.3. The Bertz CT molecular complexity index is 1180. The molecule has 0 atom stereocenters. The molecule has 1 fully saturated rings. The van der Waals surface area contributed by atoms with E-state index in [0.29, 0.717) is 23.7 Å². The van der Waals surface area contributed by atoms with Gasteiger partial charge in [0.1, 0.15) is 0 Å². The number of para-hydroxylation sites is 1. The topological polar surface area (TPSA) is 73.5 Å². The smallest absolute Gasteiger partial charge is 0.323 e. The van der Waals surface area contributed by atoms with Crippen LogP contribution in [0, 0.1) is 19.8 Å². The fraction of sp³-hybridized carbons (Fsp3) is 0.333. The Balaban J connectivity index is 1.50. The molecule has 0 aliphatic carbocycles. The number of carbonyl (C=O) groups is 2. The van der Waals surface area contributed by atoms with Crippen LogP contribution in [0.2, 0.25) is 0 Å². The molecule has 0 spiro atoms. The number of hydrogen-bond acceptors (Lipinski definition) is 3. The first-order valence-corrected chi connectivity index (χ1v) is 12.8. The monoisotopic (exact) mass is 484 g/mol. The van der Waals surface area contributed by atoms with E-state index in [-0.39, 0.29) is 11.9 Å². The zero-order valence-electron chi connectivity index (χ0n) is 21.4. The van der Waals surface area contributed by atoms with Gasteiger partial charge in [-0.05, 0) is 73.9 Å². The van der Waals surface area contributed by atoms with Gasteiger partial charge in [0.2, 0.25) is 0 Å². The minimum atomic E-state index is -0.331. The number of anilines is 3. The van der Waals surface area contributed by atoms with Crippen molar-refractivity contribution in [3.8, 4) is 0 Å². The molecule has 3 aromatic rings. The maximum absolute atomic E-state index is 13.3. The van der Waals surface area contributed by atoms with Gasteiger partial charge in [-0.3, -0.25) is 4.79 Å². The standard InChI is InChI=1S/C30H36N4O2/c1-21-15-18-34(19-16-21)27-13-12-25(32-30(36)33-28-22(2)8-7-9-23(28)3)20-26(27)29(35)31-17-14-24-10-5-4-6-11-24/h4-13,20-21H,14-19H2,1-3H3,(H,31,35)(H2,32,33,36). The van der Waals surface area contributed by atoms with Crippen molar-refractivity contribution in [3.05, 3.63) is 89.0 Å². The van der Waals surface area contributed by atoms with Crippen molar-refractivity contribution < 1.29 is 9.59 Å². The van der Waals surface area contributed by atoms with E-state index in [1.54, 1.807) is 6.07 Å². The lowest BCUT2D eigenvalue weighted by Gasteiger charge is -2.33. The van der Waals surface area contributed by atoms with E-state index in [9.17, 15) is 9.59 Å². The lowest BCUT2D eigenvalue weighted by Crippen LogP contribution is -2.35. The summed E-state index contributed by atoms with van der Waals surface area (Å²) in [6.45, 7) is 8.60. The Morgan fingerprint density at radius 1 is 0.889 bits per heavy atom. The van der Waals surface area contributed by atoms with Gasteiger partial charge in [0, 0.05) is 36.7 Å². The van der Waals surface area contributed by atoms with Crippen molar-refractivity contribution in [1.29, 1.82) is 0 Å². The summed E-state index contributed by atoms with van der Waals surface area (Å²) in [6.07, 6.45) is 2.97. The third-order valence-corrected chi connectivity index (χ3v) is 6.89. The summed E-state index contributed by atoms with van der Waals surface area (Å²) in [5.41, 5.74) is 6.06. The third kappa shape index (κ3) is 6.45. The summed E-state index contributed by atoms with van der Waals surface area (Å²) in [7, 11) is 0. The van der Waals surface area contributed by atoms with Gasteiger partial charge < -0.3 is 20.9 Å². The van der Waals surface area contributed by atoms with Crippen LogP contribution in [-0.4, -0.2) is 31.6 Å². The third-order valence-electron chi connectivity index (χ3n) is 6.89. The number of amides is 3. The maximum Gasteiger partial charge on any atom is 0.323 e. The summed E-state index contributed by atoms with van der Waals surface area (Å²) in [5.74, 6) is 0.567. The van der Waals surface area contributed by atoms with Crippen LogP contribution in [-0.2, 0) is 6.42 Å². The average molecular weight is 485 g/mol. The van der Waals surface area contributed by atoms with Gasteiger partial charge in [0.15, 0.2) is 0 Å². The summed E-state index contributed by atoms with van der Waals surface area (Å²) >= 11 is 0. The molecule has 1 aliphatic heterocycles. The molecule has 6 heteroatoms. The molecule has 1 heterocycles. The molecule has 1 saturated heterocycles. The molecule has 1 aliphatic rings. The molecule has 3 N–H and O–H groups in total. The van der Waals surface area contributed by atoms with Gasteiger partial charge in [-0.15, -0.1) is 0 Å². The van der Waals surface area contributed by atoms with Crippen molar-refractivity contribution >= 4 is 29.0 Å². The Kier molecular flexibility index (Phi) is 8.26. The quantitative estimate of drug-likeness (QED) is 0.376. The van der Waals surface area contributed by atoms with E-state index in [1.165, 1.54) is 5.56 Å². The number of aryl methyl sites for hydroxylation is 2. The Morgan fingerprint density at radius 2 is 1.58 bits per heavy atom. The number of nitrogens with one attached hydrogen (secondary N) is 3. The average Bonchev–Trinajstić information content (AvgIpc) is 2.87. The van der Waals surface area contributed by atoms with Crippen molar-refractivity contribution in [2.45, 2.75) is 40.0 Å². The van der Waals surface area contributed by atoms with Crippen LogP contribution >= 0.6 is 0 Å². The van der Waals surface area contributed by atoms with E-state index in [0.717, 1.165) is 54.9 Å². The number of urea groups is 1. The van der Waals surface area contributed by atoms with Crippen molar-refractivity contribution in [1.82, 2.24) is 5.32 Å². The minimum Gasteiger partial charge on any atom is -0.371 e. The molecule has 36 heavy (non-hydrogen) atoms. The van der Waals surface area contributed by atoms with E-state index in [1.807, 2.05) is 62.4 Å². The minimum absolute atomic E-state index is 0.127. The SMILES string of the molecule is Cc1cccc(C)c1NC(=O)Nc1ccc(N2CCC(C)CC2)c(C(=O)NCCc2ccccc2)c1. The first-order chi connectivity index (χ1) is 17.4. The highest BCUT2D eigenvalue weighted by atomic mass is 16.2. The van der Waals surface area contributed by atoms with Crippen molar-refractivity contribution in [3.63, 3.8) is 0 Å². The van der Waals surface area contributed by atoms with E-state index >= 15 is 0 Å². The zero-order chi connectivity index (χ0) is 25.5. The van der Waals surface area contributed by atoms with Gasteiger partial charge in [-0.25, -0.2) is 4.79 Å². The molecule has 0 unspecified atom stereocenters. The first kappa shape index (κ1) is 25.3. The highest BCUT2D eigenvalue weighted by Gasteiger charge is 2.22. The van der Waals surface area contributed by atoms with Crippen LogP contribution < -0.4 is 20.9 Å².